The fourth-order valence-corrected chi connectivity index (χ4v) is 1.45. The van der Waals surface area contributed by atoms with Gasteiger partial charge in [-0.15, -0.1) is 0 Å². The Labute approximate surface area is 76.1 Å². The molecule has 0 saturated heterocycles. The SMILES string of the molecule is COc1cc2c(cc1F)CCN=C2. The summed E-state index contributed by atoms with van der Waals surface area (Å²) < 4.78 is 18.1. The van der Waals surface area contributed by atoms with E-state index in [1.165, 1.54) is 13.2 Å². The summed E-state index contributed by atoms with van der Waals surface area (Å²) in [6.07, 6.45) is 2.58. The van der Waals surface area contributed by atoms with Crippen LogP contribution in [0.5, 0.6) is 5.75 Å². The van der Waals surface area contributed by atoms with E-state index in [0.29, 0.717) is 0 Å². The van der Waals surface area contributed by atoms with Crippen LogP contribution >= 0.6 is 0 Å². The second-order valence-corrected chi connectivity index (χ2v) is 2.97. The molecule has 2 nitrogen and oxygen atoms in total. The molecular weight excluding hydrogens is 169 g/mol. The lowest BCUT2D eigenvalue weighted by Gasteiger charge is -2.11. The average molecular weight is 179 g/mol. The molecule has 0 bridgehead atoms. The first-order valence-corrected chi connectivity index (χ1v) is 4.17. The van der Waals surface area contributed by atoms with E-state index in [-0.39, 0.29) is 11.6 Å². The molecule has 1 aliphatic rings. The zero-order chi connectivity index (χ0) is 9.26. The van der Waals surface area contributed by atoms with E-state index >= 15 is 0 Å². The summed E-state index contributed by atoms with van der Waals surface area (Å²) in [6, 6.07) is 3.21. The summed E-state index contributed by atoms with van der Waals surface area (Å²) in [5.74, 6) is -0.0105. The van der Waals surface area contributed by atoms with Crippen LogP contribution < -0.4 is 4.74 Å². The van der Waals surface area contributed by atoms with E-state index in [2.05, 4.69) is 4.99 Å². The molecule has 0 N–H and O–H groups in total. The average Bonchev–Trinajstić information content (AvgIpc) is 2.17. The molecule has 1 aromatic carbocycles. The second kappa shape index (κ2) is 3.17. The number of methoxy groups -OCH3 is 1. The Bertz CT molecular complexity index is 360. The molecule has 0 atom stereocenters. The lowest BCUT2D eigenvalue weighted by atomic mass is 10.0. The van der Waals surface area contributed by atoms with Crippen molar-refractivity contribution >= 4 is 6.21 Å². The topological polar surface area (TPSA) is 21.6 Å². The monoisotopic (exact) mass is 179 g/mol. The Morgan fingerprint density at radius 1 is 1.46 bits per heavy atom. The molecule has 2 rings (SSSR count). The Balaban J connectivity index is 2.52. The van der Waals surface area contributed by atoms with Crippen molar-refractivity contribution in [2.45, 2.75) is 6.42 Å². The van der Waals surface area contributed by atoms with Crippen molar-refractivity contribution < 1.29 is 9.13 Å². The van der Waals surface area contributed by atoms with Crippen molar-refractivity contribution in [1.29, 1.82) is 0 Å². The summed E-state index contributed by atoms with van der Waals surface area (Å²) in [5, 5.41) is 0. The Hall–Kier alpha value is -1.38. The largest absolute Gasteiger partial charge is 0.494 e. The summed E-state index contributed by atoms with van der Waals surface area (Å²) in [4.78, 5) is 4.12. The molecule has 0 spiro atoms. The van der Waals surface area contributed by atoms with E-state index in [1.807, 2.05) is 0 Å². The van der Waals surface area contributed by atoms with Crippen LogP contribution in [0, 0.1) is 5.82 Å². The standard InChI is InChI=1S/C10H10FNO/c1-13-10-5-8-6-12-3-2-7(8)4-9(10)11/h4-6H,2-3H2,1H3. The van der Waals surface area contributed by atoms with Crippen LogP contribution in [-0.4, -0.2) is 19.9 Å². The van der Waals surface area contributed by atoms with Crippen LogP contribution in [0.15, 0.2) is 17.1 Å². The predicted molar refractivity (Wildman–Crippen MR) is 49.1 cm³/mol. The van der Waals surface area contributed by atoms with Crippen molar-refractivity contribution in [3.63, 3.8) is 0 Å². The summed E-state index contributed by atoms with van der Waals surface area (Å²) in [6.45, 7) is 0.749. The minimum Gasteiger partial charge on any atom is -0.494 e. The normalized spacial score (nSPS) is 14.0. The van der Waals surface area contributed by atoms with Crippen molar-refractivity contribution in [3.05, 3.63) is 29.1 Å². The van der Waals surface area contributed by atoms with Crippen molar-refractivity contribution in [2.24, 2.45) is 4.99 Å². The third-order valence-corrected chi connectivity index (χ3v) is 2.15. The molecule has 0 aliphatic carbocycles. The first-order chi connectivity index (χ1) is 6.31. The van der Waals surface area contributed by atoms with Crippen LogP contribution in [0.1, 0.15) is 11.1 Å². The quantitative estimate of drug-likeness (QED) is 0.644. The lowest BCUT2D eigenvalue weighted by molar-refractivity contribution is 0.386. The van der Waals surface area contributed by atoms with Gasteiger partial charge in [-0.1, -0.05) is 0 Å². The first kappa shape index (κ1) is 8.23. The van der Waals surface area contributed by atoms with Gasteiger partial charge in [0.1, 0.15) is 0 Å². The number of aliphatic imine (C=N–C) groups is 1. The number of nitrogens with zero attached hydrogens (tertiary/aromatic N) is 1. The molecule has 0 saturated carbocycles. The third kappa shape index (κ3) is 1.41. The van der Waals surface area contributed by atoms with Gasteiger partial charge >= 0.3 is 0 Å². The van der Waals surface area contributed by atoms with Crippen LogP contribution in [-0.2, 0) is 6.42 Å². The van der Waals surface area contributed by atoms with Crippen molar-refractivity contribution in [3.8, 4) is 5.75 Å². The summed E-state index contributed by atoms with van der Waals surface area (Å²) in [5.41, 5.74) is 1.97. The minimum absolute atomic E-state index is 0.284. The van der Waals surface area contributed by atoms with Gasteiger partial charge in [0, 0.05) is 12.8 Å². The number of rotatable bonds is 1. The maximum atomic E-state index is 13.2. The number of hydrogen-bond donors (Lipinski definition) is 0. The smallest absolute Gasteiger partial charge is 0.165 e. The van der Waals surface area contributed by atoms with E-state index < -0.39 is 0 Å². The van der Waals surface area contributed by atoms with Crippen molar-refractivity contribution in [1.82, 2.24) is 0 Å². The minimum atomic E-state index is -0.295. The number of benzene rings is 1. The Kier molecular flexibility index (Phi) is 2.00. The first-order valence-electron chi connectivity index (χ1n) is 4.17. The molecule has 68 valence electrons. The van der Waals surface area contributed by atoms with E-state index in [1.54, 1.807) is 12.3 Å². The van der Waals surface area contributed by atoms with Gasteiger partial charge in [0.2, 0.25) is 0 Å². The van der Waals surface area contributed by atoms with E-state index in [4.69, 9.17) is 4.74 Å². The lowest BCUT2D eigenvalue weighted by Crippen LogP contribution is -2.04. The zero-order valence-electron chi connectivity index (χ0n) is 7.38. The summed E-state index contributed by atoms with van der Waals surface area (Å²) >= 11 is 0. The van der Waals surface area contributed by atoms with E-state index in [9.17, 15) is 4.39 Å². The number of halogens is 1. The highest BCUT2D eigenvalue weighted by Gasteiger charge is 2.10. The van der Waals surface area contributed by atoms with Crippen LogP contribution in [0.3, 0.4) is 0 Å². The van der Waals surface area contributed by atoms with Gasteiger partial charge in [-0.2, -0.15) is 0 Å². The zero-order valence-corrected chi connectivity index (χ0v) is 7.38. The highest BCUT2D eigenvalue weighted by atomic mass is 19.1. The molecular formula is C10H10FNO. The molecule has 0 unspecified atom stereocenters. The number of fused-ring (bicyclic) bond motifs is 1. The molecule has 3 heteroatoms. The van der Waals surface area contributed by atoms with Crippen LogP contribution in [0.4, 0.5) is 4.39 Å². The third-order valence-electron chi connectivity index (χ3n) is 2.15. The molecule has 0 fully saturated rings. The highest BCUT2D eigenvalue weighted by Crippen LogP contribution is 2.23. The highest BCUT2D eigenvalue weighted by molar-refractivity contribution is 5.83. The Morgan fingerprint density at radius 3 is 3.08 bits per heavy atom. The Morgan fingerprint density at radius 2 is 2.31 bits per heavy atom. The van der Waals surface area contributed by atoms with Gasteiger partial charge < -0.3 is 4.74 Å². The van der Waals surface area contributed by atoms with Gasteiger partial charge in [0.05, 0.1) is 7.11 Å². The van der Waals surface area contributed by atoms with E-state index in [0.717, 1.165) is 24.1 Å². The van der Waals surface area contributed by atoms with Crippen LogP contribution in [0.25, 0.3) is 0 Å². The second-order valence-electron chi connectivity index (χ2n) is 2.97. The van der Waals surface area contributed by atoms with Gasteiger partial charge in [-0.25, -0.2) is 4.39 Å². The van der Waals surface area contributed by atoms with Gasteiger partial charge in [-0.05, 0) is 29.7 Å². The maximum absolute atomic E-state index is 13.2. The fraction of sp³-hybridized carbons (Fsp3) is 0.300. The molecule has 0 aromatic heterocycles. The fourth-order valence-electron chi connectivity index (χ4n) is 1.45. The summed E-state index contributed by atoms with van der Waals surface area (Å²) in [7, 11) is 1.46. The molecule has 0 radical (unpaired) electrons. The van der Waals surface area contributed by atoms with Gasteiger partial charge in [0.25, 0.3) is 0 Å². The molecule has 13 heavy (non-hydrogen) atoms. The van der Waals surface area contributed by atoms with Crippen LogP contribution in [0.2, 0.25) is 0 Å². The van der Waals surface area contributed by atoms with Gasteiger partial charge in [-0.3, -0.25) is 4.99 Å². The predicted octanol–water partition coefficient (Wildman–Crippen LogP) is 1.81. The molecule has 1 aromatic rings. The number of hydrogen-bond acceptors (Lipinski definition) is 2. The number of ether oxygens (including phenoxy) is 1. The molecule has 1 aliphatic heterocycles. The van der Waals surface area contributed by atoms with Crippen molar-refractivity contribution in [2.75, 3.05) is 13.7 Å². The maximum Gasteiger partial charge on any atom is 0.165 e. The van der Waals surface area contributed by atoms with Gasteiger partial charge in [0.15, 0.2) is 11.6 Å². The molecule has 0 amide bonds. The molecule has 1 heterocycles.